The van der Waals surface area contributed by atoms with Gasteiger partial charge in [0.2, 0.25) is 0 Å². The van der Waals surface area contributed by atoms with Crippen molar-refractivity contribution in [2.24, 2.45) is 11.8 Å². The molecule has 1 heterocycles. The van der Waals surface area contributed by atoms with Crippen LogP contribution < -0.4 is 0 Å². The van der Waals surface area contributed by atoms with E-state index in [0.717, 1.165) is 18.4 Å². The van der Waals surface area contributed by atoms with E-state index in [1.165, 1.54) is 17.5 Å². The average molecular weight is 404 g/mol. The molecular weight excluding hydrogens is 370 g/mol. The molecule has 4 atom stereocenters. The maximum Gasteiger partial charge on any atom is 0.414 e. The van der Waals surface area contributed by atoms with Gasteiger partial charge in [0.25, 0.3) is 0 Å². The fraction of sp³-hybridized carbons (Fsp3) is 0.444. The summed E-state index contributed by atoms with van der Waals surface area (Å²) >= 11 is 0. The van der Waals surface area contributed by atoms with Crippen molar-refractivity contribution in [1.82, 2.24) is 4.90 Å². The van der Waals surface area contributed by atoms with Gasteiger partial charge in [0, 0.05) is 12.1 Å². The van der Waals surface area contributed by atoms with Crippen molar-refractivity contribution in [2.45, 2.75) is 64.5 Å². The first-order valence-corrected chi connectivity index (χ1v) is 11.2. The average Bonchev–Trinajstić information content (AvgIpc) is 2.74. The first-order chi connectivity index (χ1) is 14.4. The summed E-state index contributed by atoms with van der Waals surface area (Å²) in [5, 5.41) is 0. The van der Waals surface area contributed by atoms with Crippen LogP contribution in [0.25, 0.3) is 6.08 Å². The molecule has 0 unspecified atom stereocenters. The van der Waals surface area contributed by atoms with E-state index >= 15 is 0 Å². The van der Waals surface area contributed by atoms with Crippen LogP contribution in [0.4, 0.5) is 4.79 Å². The highest BCUT2D eigenvalue weighted by Gasteiger charge is 2.42. The Hall–Kier alpha value is -2.55. The molecule has 3 heteroatoms. The van der Waals surface area contributed by atoms with Crippen LogP contribution in [0, 0.1) is 11.8 Å². The molecule has 2 aromatic rings. The summed E-state index contributed by atoms with van der Waals surface area (Å²) in [4.78, 5) is 15.0. The Morgan fingerprint density at radius 2 is 1.70 bits per heavy atom. The van der Waals surface area contributed by atoms with Gasteiger partial charge in [0.1, 0.15) is 6.10 Å². The lowest BCUT2D eigenvalue weighted by molar-refractivity contribution is -0.0166. The van der Waals surface area contributed by atoms with Gasteiger partial charge >= 0.3 is 6.09 Å². The summed E-state index contributed by atoms with van der Waals surface area (Å²) in [6, 6.07) is 18.9. The lowest BCUT2D eigenvalue weighted by atomic mass is 9.64. The summed E-state index contributed by atoms with van der Waals surface area (Å²) in [5.41, 5.74) is 3.59. The maximum absolute atomic E-state index is 13.3. The molecule has 0 saturated heterocycles. The van der Waals surface area contributed by atoms with Crippen molar-refractivity contribution in [3.8, 4) is 0 Å². The molecule has 30 heavy (non-hydrogen) atoms. The first kappa shape index (κ1) is 20.7. The molecule has 1 amide bonds. The minimum atomic E-state index is -0.235. The molecule has 158 valence electrons. The third-order valence-electron chi connectivity index (χ3n) is 7.24. The quantitative estimate of drug-likeness (QED) is 0.555. The summed E-state index contributed by atoms with van der Waals surface area (Å²) in [5.74, 6) is 0.872. The number of fused-ring (bicyclic) bond motifs is 1. The molecule has 1 aliphatic carbocycles. The fourth-order valence-corrected chi connectivity index (χ4v) is 5.26. The zero-order valence-corrected chi connectivity index (χ0v) is 18.5. The Bertz CT molecular complexity index is 917. The van der Waals surface area contributed by atoms with Gasteiger partial charge < -0.3 is 4.74 Å². The Labute approximate surface area is 180 Å². The van der Waals surface area contributed by atoms with E-state index in [2.05, 4.69) is 70.2 Å². The second-order valence-electron chi connectivity index (χ2n) is 9.56. The molecule has 2 aromatic carbocycles. The smallest absolute Gasteiger partial charge is 0.414 e. The van der Waals surface area contributed by atoms with Crippen LogP contribution in [0.15, 0.2) is 60.8 Å². The van der Waals surface area contributed by atoms with Crippen LogP contribution in [0.2, 0.25) is 0 Å². The third kappa shape index (κ3) is 3.90. The van der Waals surface area contributed by atoms with Crippen molar-refractivity contribution in [2.75, 3.05) is 0 Å². The van der Waals surface area contributed by atoms with Crippen LogP contribution in [-0.2, 0) is 10.2 Å². The zero-order valence-electron chi connectivity index (χ0n) is 18.5. The maximum atomic E-state index is 13.3. The van der Waals surface area contributed by atoms with E-state index in [0.29, 0.717) is 11.8 Å². The Balaban J connectivity index is 1.55. The topological polar surface area (TPSA) is 29.5 Å². The number of hydrogen-bond donors (Lipinski definition) is 0. The molecule has 0 radical (unpaired) electrons. The molecule has 1 fully saturated rings. The number of nitrogens with zero attached hydrogens (tertiary/aromatic N) is 1. The Morgan fingerprint density at radius 1 is 1.00 bits per heavy atom. The van der Waals surface area contributed by atoms with Crippen LogP contribution in [0.3, 0.4) is 0 Å². The minimum absolute atomic E-state index is 0.0275. The monoisotopic (exact) mass is 403 g/mol. The van der Waals surface area contributed by atoms with Gasteiger partial charge in [-0.25, -0.2) is 4.79 Å². The number of rotatable bonds is 3. The molecule has 0 N–H and O–H groups in total. The molecule has 1 saturated carbocycles. The molecular formula is C27H33NO2. The number of carbonyl (C=O) groups is 1. The van der Waals surface area contributed by atoms with Gasteiger partial charge in [-0.3, -0.25) is 4.90 Å². The normalized spacial score (nSPS) is 26.2. The van der Waals surface area contributed by atoms with Crippen LogP contribution in [0.5, 0.6) is 0 Å². The van der Waals surface area contributed by atoms with Crippen molar-refractivity contribution >= 4 is 12.2 Å². The van der Waals surface area contributed by atoms with E-state index < -0.39 is 0 Å². The number of carbonyl (C=O) groups excluding carboxylic acids is 1. The Kier molecular flexibility index (Phi) is 5.73. The summed E-state index contributed by atoms with van der Waals surface area (Å²) in [6.45, 7) is 8.93. The van der Waals surface area contributed by atoms with Crippen LogP contribution in [0.1, 0.15) is 69.7 Å². The van der Waals surface area contributed by atoms with Gasteiger partial charge in [-0.2, -0.15) is 0 Å². The van der Waals surface area contributed by atoms with Gasteiger partial charge in [0.05, 0.1) is 6.04 Å². The molecule has 4 rings (SSSR count). The lowest BCUT2D eigenvalue weighted by Gasteiger charge is -2.44. The van der Waals surface area contributed by atoms with Crippen molar-refractivity contribution in [3.05, 3.63) is 77.5 Å². The highest BCUT2D eigenvalue weighted by atomic mass is 16.6. The van der Waals surface area contributed by atoms with E-state index in [1.807, 2.05) is 24.4 Å². The van der Waals surface area contributed by atoms with Gasteiger partial charge in [-0.15, -0.1) is 0 Å². The lowest BCUT2D eigenvalue weighted by Crippen LogP contribution is -2.45. The van der Waals surface area contributed by atoms with Crippen molar-refractivity contribution < 1.29 is 9.53 Å². The molecule has 3 nitrogen and oxygen atoms in total. The Morgan fingerprint density at radius 3 is 2.47 bits per heavy atom. The third-order valence-corrected chi connectivity index (χ3v) is 7.24. The number of hydrogen-bond acceptors (Lipinski definition) is 2. The highest BCUT2D eigenvalue weighted by Crippen LogP contribution is 2.44. The molecule has 0 bridgehead atoms. The highest BCUT2D eigenvalue weighted by molar-refractivity contribution is 5.73. The SMILES string of the molecule is C[C@H]1CC[C@H](C(C)(C)c2ccccc2)[C@@H](OC(=O)N2C=Cc3ccccc3[C@H]2C)C1. The van der Waals surface area contributed by atoms with Gasteiger partial charge in [0.15, 0.2) is 0 Å². The van der Waals surface area contributed by atoms with E-state index in [1.54, 1.807) is 4.90 Å². The second kappa shape index (κ2) is 8.29. The number of amides is 1. The molecule has 0 aromatic heterocycles. The summed E-state index contributed by atoms with van der Waals surface area (Å²) in [6.07, 6.45) is 6.76. The largest absolute Gasteiger partial charge is 0.446 e. The van der Waals surface area contributed by atoms with E-state index in [4.69, 9.17) is 4.74 Å². The molecule has 0 spiro atoms. The van der Waals surface area contributed by atoms with E-state index in [9.17, 15) is 4.79 Å². The standard InChI is InChI=1S/C27H33NO2/c1-19-14-15-24(27(3,4)22-11-6-5-7-12-22)25(18-19)30-26(29)28-17-16-21-10-8-9-13-23(21)20(28)2/h5-13,16-17,19-20,24-25H,14-15,18H2,1-4H3/t19-,20+,24-,25-/m0/s1. The fourth-order valence-electron chi connectivity index (χ4n) is 5.26. The molecule has 1 aliphatic heterocycles. The van der Waals surface area contributed by atoms with E-state index in [-0.39, 0.29) is 23.7 Å². The zero-order chi connectivity index (χ0) is 21.3. The summed E-state index contributed by atoms with van der Waals surface area (Å²) < 4.78 is 6.24. The van der Waals surface area contributed by atoms with Crippen molar-refractivity contribution in [1.29, 1.82) is 0 Å². The predicted octanol–water partition coefficient (Wildman–Crippen LogP) is 6.95. The first-order valence-electron chi connectivity index (χ1n) is 11.2. The van der Waals surface area contributed by atoms with Crippen LogP contribution >= 0.6 is 0 Å². The number of ether oxygens (including phenoxy) is 1. The summed E-state index contributed by atoms with van der Waals surface area (Å²) in [7, 11) is 0. The number of benzene rings is 2. The molecule has 2 aliphatic rings. The second-order valence-corrected chi connectivity index (χ2v) is 9.56. The van der Waals surface area contributed by atoms with Gasteiger partial charge in [-0.1, -0.05) is 81.8 Å². The van der Waals surface area contributed by atoms with Crippen molar-refractivity contribution in [3.63, 3.8) is 0 Å². The van der Waals surface area contributed by atoms with Crippen LogP contribution in [-0.4, -0.2) is 17.1 Å². The van der Waals surface area contributed by atoms with Gasteiger partial charge in [-0.05, 0) is 53.9 Å². The minimum Gasteiger partial charge on any atom is -0.446 e. The predicted molar refractivity (Wildman–Crippen MR) is 122 cm³/mol.